The summed E-state index contributed by atoms with van der Waals surface area (Å²) in [6.07, 6.45) is -2.42. The van der Waals surface area contributed by atoms with Crippen molar-refractivity contribution in [3.8, 4) is 0 Å². The van der Waals surface area contributed by atoms with E-state index in [1.54, 1.807) is 0 Å². The van der Waals surface area contributed by atoms with E-state index in [1.165, 1.54) is 19.1 Å². The first-order chi connectivity index (χ1) is 11.6. The van der Waals surface area contributed by atoms with Crippen LogP contribution in [-0.4, -0.2) is 12.5 Å². The van der Waals surface area contributed by atoms with Crippen molar-refractivity contribution in [1.82, 2.24) is 0 Å². The van der Waals surface area contributed by atoms with Crippen molar-refractivity contribution in [2.24, 2.45) is 0 Å². The summed E-state index contributed by atoms with van der Waals surface area (Å²) in [4.78, 5) is 10.6. The Morgan fingerprint density at radius 1 is 1.12 bits per heavy atom. The maximum absolute atomic E-state index is 13.5. The van der Waals surface area contributed by atoms with Crippen LogP contribution in [-0.2, 0) is 0 Å². The zero-order valence-electron chi connectivity index (χ0n) is 12.9. The summed E-state index contributed by atoms with van der Waals surface area (Å²) in [5.41, 5.74) is -0.267. The number of aryl methyl sites for hydroxylation is 1. The van der Waals surface area contributed by atoms with Crippen LogP contribution in [0, 0.1) is 18.6 Å². The molecule has 0 fully saturated rings. The summed E-state index contributed by atoms with van der Waals surface area (Å²) < 4.78 is 67.2. The third-order valence-corrected chi connectivity index (χ3v) is 3.85. The van der Waals surface area contributed by atoms with Gasteiger partial charge in [-0.3, -0.25) is 4.79 Å². The number of hydrogen-bond donors (Lipinski definition) is 0. The number of carbonyl (C=O) groups is 1. The first kappa shape index (κ1) is 19.1. The molecule has 1 atom stereocenters. The van der Waals surface area contributed by atoms with E-state index in [0.717, 1.165) is 30.4 Å². The number of allylic oxidation sites excluding steroid dienone is 1. The highest BCUT2D eigenvalue weighted by atomic mass is 35.5. The van der Waals surface area contributed by atoms with Crippen molar-refractivity contribution < 1.29 is 26.7 Å². The molecule has 0 saturated carbocycles. The largest absolute Gasteiger partial charge is 0.399 e. The van der Waals surface area contributed by atoms with Crippen molar-refractivity contribution in [1.29, 1.82) is 0 Å². The molecule has 2 aromatic carbocycles. The van der Waals surface area contributed by atoms with Gasteiger partial charge in [-0.2, -0.15) is 13.2 Å². The van der Waals surface area contributed by atoms with Crippen LogP contribution in [0.3, 0.4) is 0 Å². The van der Waals surface area contributed by atoms with Gasteiger partial charge in [-0.15, -0.1) is 0 Å². The fraction of sp³-hybridized carbons (Fsp3) is 0.167. The normalized spacial score (nSPS) is 13.2. The Hall–Kier alpha value is -2.21. The maximum atomic E-state index is 13.5. The molecule has 0 amide bonds. The summed E-state index contributed by atoms with van der Waals surface area (Å²) in [6, 6.07) is 5.43. The first-order valence-electron chi connectivity index (χ1n) is 7.08. The van der Waals surface area contributed by atoms with E-state index >= 15 is 0 Å². The Bertz CT molecular complexity index is 804. The second-order valence-corrected chi connectivity index (χ2v) is 5.82. The summed E-state index contributed by atoms with van der Waals surface area (Å²) in [5, 5.41) is -0.404. The van der Waals surface area contributed by atoms with Gasteiger partial charge in [-0.05, 0) is 41.8 Å². The van der Waals surface area contributed by atoms with Crippen LogP contribution >= 0.6 is 11.6 Å². The number of benzene rings is 2. The quantitative estimate of drug-likeness (QED) is 0.467. The number of hydrogen-bond acceptors (Lipinski definition) is 1. The Balaban J connectivity index is 2.43. The van der Waals surface area contributed by atoms with Gasteiger partial charge in [-0.1, -0.05) is 35.9 Å². The third kappa shape index (κ3) is 4.45. The average molecular weight is 375 g/mol. The molecule has 0 N–H and O–H groups in total. The van der Waals surface area contributed by atoms with Gasteiger partial charge in [0.25, 0.3) is 0 Å². The molecule has 0 aliphatic heterocycles. The van der Waals surface area contributed by atoms with Gasteiger partial charge < -0.3 is 0 Å². The molecule has 0 aromatic heterocycles. The van der Waals surface area contributed by atoms with Crippen LogP contribution in [0.4, 0.5) is 22.0 Å². The van der Waals surface area contributed by atoms with E-state index in [2.05, 4.69) is 0 Å². The number of alkyl halides is 3. The van der Waals surface area contributed by atoms with Crippen molar-refractivity contribution >= 4 is 24.0 Å². The fourth-order valence-electron chi connectivity index (χ4n) is 2.29. The molecule has 25 heavy (non-hydrogen) atoms. The second kappa shape index (κ2) is 7.35. The Kier molecular flexibility index (Phi) is 5.62. The lowest BCUT2D eigenvalue weighted by Crippen LogP contribution is -2.19. The lowest BCUT2D eigenvalue weighted by molar-refractivity contribution is -0.139. The van der Waals surface area contributed by atoms with Gasteiger partial charge in [0, 0.05) is 0 Å². The van der Waals surface area contributed by atoms with Crippen LogP contribution in [0.2, 0.25) is 5.02 Å². The van der Waals surface area contributed by atoms with Gasteiger partial charge in [0.2, 0.25) is 0 Å². The predicted molar refractivity (Wildman–Crippen MR) is 85.8 cm³/mol. The van der Waals surface area contributed by atoms with E-state index in [4.69, 9.17) is 11.6 Å². The Morgan fingerprint density at radius 3 is 2.32 bits per heavy atom. The average Bonchev–Trinajstić information content (AvgIpc) is 2.51. The van der Waals surface area contributed by atoms with Crippen LogP contribution in [0.25, 0.3) is 6.08 Å². The van der Waals surface area contributed by atoms with Gasteiger partial charge >= 0.3 is 6.18 Å². The summed E-state index contributed by atoms with van der Waals surface area (Å²) in [7, 11) is 0. The Morgan fingerprint density at radius 2 is 1.80 bits per heavy atom. The first-order valence-corrected chi connectivity index (χ1v) is 7.46. The van der Waals surface area contributed by atoms with E-state index < -0.39 is 28.8 Å². The highest BCUT2D eigenvalue weighted by molar-refractivity contribution is 6.30. The fourth-order valence-corrected chi connectivity index (χ4v) is 2.57. The lowest BCUT2D eigenvalue weighted by atomic mass is 9.95. The van der Waals surface area contributed by atoms with Crippen LogP contribution in [0.15, 0.2) is 36.4 Å². The summed E-state index contributed by atoms with van der Waals surface area (Å²) in [6.45, 7) is 1.31. The van der Waals surface area contributed by atoms with Crippen LogP contribution in [0.5, 0.6) is 0 Å². The molecule has 0 spiro atoms. The van der Waals surface area contributed by atoms with E-state index in [9.17, 15) is 26.7 Å². The number of carbonyl (C=O) groups excluding carboxylic acids is 1. The minimum atomic E-state index is -4.65. The highest BCUT2D eigenvalue weighted by Gasteiger charge is 2.39. The van der Waals surface area contributed by atoms with Crippen molar-refractivity contribution in [3.05, 3.63) is 75.3 Å². The molecule has 0 heterocycles. The predicted octanol–water partition coefficient (Wildman–Crippen LogP) is 6.10. The summed E-state index contributed by atoms with van der Waals surface area (Å²) in [5.74, 6) is -3.65. The number of aldehydes is 1. The number of halogens is 6. The molecule has 0 bridgehead atoms. The van der Waals surface area contributed by atoms with Crippen molar-refractivity contribution in [3.63, 3.8) is 0 Å². The minimum absolute atomic E-state index is 0.00784. The standard InChI is InChI=1S/C18H12ClF5O/c1-10-6-13(8-15(19)17(10)21)14(18(22,23)24)5-3-11-2-4-12(9-25)16(20)7-11/h2-9,14H,1H3/b5-3+. The molecule has 2 aromatic rings. The highest BCUT2D eigenvalue weighted by Crippen LogP contribution is 2.38. The van der Waals surface area contributed by atoms with Crippen LogP contribution < -0.4 is 0 Å². The topological polar surface area (TPSA) is 17.1 Å². The monoisotopic (exact) mass is 374 g/mol. The maximum Gasteiger partial charge on any atom is 0.399 e. The van der Waals surface area contributed by atoms with E-state index in [1.807, 2.05) is 0 Å². The van der Waals surface area contributed by atoms with Gasteiger partial charge in [0.15, 0.2) is 6.29 Å². The molecular formula is C18H12ClF5O. The lowest BCUT2D eigenvalue weighted by Gasteiger charge is -2.18. The van der Waals surface area contributed by atoms with Gasteiger partial charge in [0.1, 0.15) is 11.6 Å². The molecule has 1 unspecified atom stereocenters. The van der Waals surface area contributed by atoms with Crippen molar-refractivity contribution in [2.75, 3.05) is 0 Å². The van der Waals surface area contributed by atoms with E-state index in [-0.39, 0.29) is 22.3 Å². The molecule has 7 heteroatoms. The summed E-state index contributed by atoms with van der Waals surface area (Å²) >= 11 is 5.64. The molecule has 0 saturated heterocycles. The Labute approximate surface area is 145 Å². The molecule has 2 rings (SSSR count). The zero-order valence-corrected chi connectivity index (χ0v) is 13.6. The second-order valence-electron chi connectivity index (χ2n) is 5.41. The van der Waals surface area contributed by atoms with E-state index in [0.29, 0.717) is 6.29 Å². The minimum Gasteiger partial charge on any atom is -0.298 e. The number of rotatable bonds is 4. The third-order valence-electron chi connectivity index (χ3n) is 3.58. The van der Waals surface area contributed by atoms with Gasteiger partial charge in [-0.25, -0.2) is 8.78 Å². The molecule has 0 aliphatic rings. The SMILES string of the molecule is Cc1cc(C(/C=C/c2ccc(C=O)c(F)c2)C(F)(F)F)cc(Cl)c1F. The van der Waals surface area contributed by atoms with Crippen molar-refractivity contribution in [2.45, 2.75) is 19.0 Å². The molecule has 132 valence electrons. The molecule has 0 radical (unpaired) electrons. The molecular weight excluding hydrogens is 363 g/mol. The molecule has 1 nitrogen and oxygen atoms in total. The van der Waals surface area contributed by atoms with Gasteiger partial charge in [0.05, 0.1) is 16.5 Å². The smallest absolute Gasteiger partial charge is 0.298 e. The molecule has 0 aliphatic carbocycles. The zero-order chi connectivity index (χ0) is 18.8. The van der Waals surface area contributed by atoms with Crippen LogP contribution in [0.1, 0.15) is 33.0 Å².